The Kier molecular flexibility index (Phi) is 7.55. The third kappa shape index (κ3) is 4.50. The maximum Gasteiger partial charge on any atom is 0.342 e. The molecule has 2 heterocycles. The van der Waals surface area contributed by atoms with Crippen molar-refractivity contribution in [2.24, 2.45) is 7.05 Å². The Balaban J connectivity index is 0.00000136. The molecule has 1 aromatic carbocycles. The van der Waals surface area contributed by atoms with Crippen molar-refractivity contribution in [2.45, 2.75) is 40.5 Å². The zero-order valence-corrected chi connectivity index (χ0v) is 17.2. The number of pyridine rings is 1. The van der Waals surface area contributed by atoms with Crippen LogP contribution < -0.4 is 5.32 Å². The summed E-state index contributed by atoms with van der Waals surface area (Å²) in [6.07, 6.45) is 3.39. The van der Waals surface area contributed by atoms with Gasteiger partial charge in [0.2, 0.25) is 0 Å². The summed E-state index contributed by atoms with van der Waals surface area (Å²) in [5.41, 5.74) is 2.12. The molecule has 0 aliphatic heterocycles. The number of aryl methyl sites for hydroxylation is 2. The molecule has 6 heteroatoms. The van der Waals surface area contributed by atoms with Crippen LogP contribution in [0.1, 0.15) is 49.5 Å². The van der Waals surface area contributed by atoms with E-state index in [1.165, 1.54) is 6.07 Å². The number of aromatic nitrogens is 2. The largest absolute Gasteiger partial charge is 0.462 e. The van der Waals surface area contributed by atoms with Gasteiger partial charge < -0.3 is 14.6 Å². The van der Waals surface area contributed by atoms with Gasteiger partial charge in [0.05, 0.1) is 12.3 Å². The van der Waals surface area contributed by atoms with Crippen molar-refractivity contribution in [3.63, 3.8) is 0 Å². The monoisotopic (exact) mass is 385 g/mol. The Morgan fingerprint density at radius 2 is 2.04 bits per heavy atom. The van der Waals surface area contributed by atoms with E-state index in [0.717, 1.165) is 18.4 Å². The number of esters is 1. The molecule has 3 rings (SSSR count). The standard InChI is InChI=1S/C20H22FN3O2.C2H6/c1-4-5-11-26-20(25)17-14-7-6-10-22-18(14)24(3)19(17)23-16-9-8-13(2)12-15(16)21;1-2/h6-10,12,23H,4-5,11H2,1-3H3;1-2H3. The Hall–Kier alpha value is -2.89. The number of hydrogen-bond acceptors (Lipinski definition) is 4. The van der Waals surface area contributed by atoms with E-state index in [2.05, 4.69) is 10.3 Å². The summed E-state index contributed by atoms with van der Waals surface area (Å²) in [5, 5.41) is 3.72. The fourth-order valence-electron chi connectivity index (χ4n) is 2.84. The predicted molar refractivity (Wildman–Crippen MR) is 112 cm³/mol. The first-order valence-electron chi connectivity index (χ1n) is 9.66. The molecule has 0 aliphatic rings. The quantitative estimate of drug-likeness (QED) is 0.434. The van der Waals surface area contributed by atoms with Crippen LogP contribution >= 0.6 is 0 Å². The van der Waals surface area contributed by atoms with Crippen molar-refractivity contribution in [1.29, 1.82) is 0 Å². The van der Waals surface area contributed by atoms with Crippen molar-refractivity contribution < 1.29 is 13.9 Å². The van der Waals surface area contributed by atoms with Gasteiger partial charge in [-0.25, -0.2) is 14.2 Å². The Labute approximate surface area is 165 Å². The average molecular weight is 385 g/mol. The minimum Gasteiger partial charge on any atom is -0.462 e. The molecule has 0 saturated carbocycles. The zero-order chi connectivity index (χ0) is 20.7. The SMILES string of the molecule is CC.CCCCOC(=O)c1c(Nc2ccc(C)cc2F)n(C)c2ncccc12. The molecular weight excluding hydrogens is 357 g/mol. The van der Waals surface area contributed by atoms with E-state index in [1.54, 1.807) is 29.9 Å². The number of halogens is 1. The molecule has 0 saturated heterocycles. The van der Waals surface area contributed by atoms with E-state index >= 15 is 0 Å². The van der Waals surface area contributed by atoms with Crippen LogP contribution in [0.2, 0.25) is 0 Å². The number of nitrogens with zero attached hydrogens (tertiary/aromatic N) is 2. The van der Waals surface area contributed by atoms with Gasteiger partial charge in [-0.2, -0.15) is 0 Å². The first-order chi connectivity index (χ1) is 13.5. The normalized spacial score (nSPS) is 10.4. The molecule has 0 unspecified atom stereocenters. The molecule has 0 fully saturated rings. The lowest BCUT2D eigenvalue weighted by atomic mass is 10.2. The van der Waals surface area contributed by atoms with E-state index < -0.39 is 5.97 Å². The summed E-state index contributed by atoms with van der Waals surface area (Å²) in [6.45, 7) is 8.21. The minimum absolute atomic E-state index is 0.295. The molecule has 150 valence electrons. The van der Waals surface area contributed by atoms with Crippen molar-refractivity contribution >= 4 is 28.5 Å². The number of unbranched alkanes of at least 4 members (excludes halogenated alkanes) is 1. The molecule has 0 bridgehead atoms. The Bertz CT molecular complexity index is 950. The van der Waals surface area contributed by atoms with Crippen LogP contribution in [0.25, 0.3) is 11.0 Å². The first-order valence-corrected chi connectivity index (χ1v) is 9.66. The lowest BCUT2D eigenvalue weighted by molar-refractivity contribution is 0.0503. The number of carbonyl (C=O) groups is 1. The summed E-state index contributed by atoms with van der Waals surface area (Å²) >= 11 is 0. The second kappa shape index (κ2) is 9.88. The second-order valence-corrected chi connectivity index (χ2v) is 6.25. The van der Waals surface area contributed by atoms with Crippen molar-refractivity contribution in [3.8, 4) is 0 Å². The maximum absolute atomic E-state index is 14.3. The van der Waals surface area contributed by atoms with Crippen molar-refractivity contribution in [1.82, 2.24) is 9.55 Å². The van der Waals surface area contributed by atoms with Crippen LogP contribution in [0.4, 0.5) is 15.9 Å². The summed E-state index contributed by atoms with van der Waals surface area (Å²) in [6, 6.07) is 8.49. The second-order valence-electron chi connectivity index (χ2n) is 6.25. The third-order valence-electron chi connectivity index (χ3n) is 4.26. The summed E-state index contributed by atoms with van der Waals surface area (Å²) in [5.74, 6) is -0.358. The lowest BCUT2D eigenvalue weighted by Crippen LogP contribution is -2.10. The number of hydrogen-bond donors (Lipinski definition) is 1. The number of fused-ring (bicyclic) bond motifs is 1. The summed E-state index contributed by atoms with van der Waals surface area (Å²) < 4.78 is 21.4. The lowest BCUT2D eigenvalue weighted by Gasteiger charge is -2.12. The van der Waals surface area contributed by atoms with Crippen LogP contribution in [0, 0.1) is 12.7 Å². The number of nitrogens with one attached hydrogen (secondary N) is 1. The van der Waals surface area contributed by atoms with E-state index in [1.807, 2.05) is 39.8 Å². The van der Waals surface area contributed by atoms with Gasteiger partial charge in [-0.15, -0.1) is 0 Å². The highest BCUT2D eigenvalue weighted by Crippen LogP contribution is 2.32. The highest BCUT2D eigenvalue weighted by atomic mass is 19.1. The molecular formula is C22H28FN3O2. The van der Waals surface area contributed by atoms with E-state index in [9.17, 15) is 9.18 Å². The predicted octanol–water partition coefficient (Wildman–Crippen LogP) is 5.75. The summed E-state index contributed by atoms with van der Waals surface area (Å²) in [7, 11) is 1.78. The van der Waals surface area contributed by atoms with Gasteiger partial charge in [-0.3, -0.25) is 0 Å². The maximum atomic E-state index is 14.3. The smallest absolute Gasteiger partial charge is 0.342 e. The molecule has 0 amide bonds. The average Bonchev–Trinajstić information content (AvgIpc) is 2.98. The summed E-state index contributed by atoms with van der Waals surface area (Å²) in [4.78, 5) is 17.0. The van der Waals surface area contributed by atoms with Gasteiger partial charge in [-0.05, 0) is 43.2 Å². The topological polar surface area (TPSA) is 56.1 Å². The highest BCUT2D eigenvalue weighted by molar-refractivity contribution is 6.09. The van der Waals surface area contributed by atoms with Crippen molar-refractivity contribution in [3.05, 3.63) is 53.5 Å². The number of carbonyl (C=O) groups excluding carboxylic acids is 1. The molecule has 2 aromatic heterocycles. The Morgan fingerprint density at radius 1 is 1.29 bits per heavy atom. The van der Waals surface area contributed by atoms with Crippen LogP contribution in [-0.2, 0) is 11.8 Å². The van der Waals surface area contributed by atoms with Crippen LogP contribution in [0.15, 0.2) is 36.5 Å². The van der Waals surface area contributed by atoms with E-state index in [4.69, 9.17) is 4.74 Å². The molecule has 1 N–H and O–H groups in total. The number of anilines is 2. The fraction of sp³-hybridized carbons (Fsp3) is 0.364. The fourth-order valence-corrected chi connectivity index (χ4v) is 2.84. The van der Waals surface area contributed by atoms with E-state index in [-0.39, 0.29) is 5.82 Å². The third-order valence-corrected chi connectivity index (χ3v) is 4.26. The number of benzene rings is 1. The zero-order valence-electron chi connectivity index (χ0n) is 17.2. The van der Waals surface area contributed by atoms with Gasteiger partial charge in [0.1, 0.15) is 22.8 Å². The van der Waals surface area contributed by atoms with Gasteiger partial charge in [0.25, 0.3) is 0 Å². The first kappa shape index (κ1) is 21.4. The number of ether oxygens (including phenoxy) is 1. The van der Waals surface area contributed by atoms with Gasteiger partial charge in [0, 0.05) is 18.6 Å². The van der Waals surface area contributed by atoms with Crippen LogP contribution in [0.5, 0.6) is 0 Å². The van der Waals surface area contributed by atoms with Crippen LogP contribution in [-0.4, -0.2) is 22.1 Å². The molecule has 28 heavy (non-hydrogen) atoms. The van der Waals surface area contributed by atoms with E-state index in [0.29, 0.717) is 34.7 Å². The molecule has 3 aromatic rings. The minimum atomic E-state index is -0.438. The molecule has 0 radical (unpaired) electrons. The van der Waals surface area contributed by atoms with Crippen molar-refractivity contribution in [2.75, 3.05) is 11.9 Å². The van der Waals surface area contributed by atoms with Gasteiger partial charge in [-0.1, -0.05) is 33.3 Å². The highest BCUT2D eigenvalue weighted by Gasteiger charge is 2.24. The number of rotatable bonds is 6. The molecule has 0 atom stereocenters. The molecule has 0 aliphatic carbocycles. The van der Waals surface area contributed by atoms with Gasteiger partial charge in [0.15, 0.2) is 0 Å². The Morgan fingerprint density at radius 3 is 2.71 bits per heavy atom. The van der Waals surface area contributed by atoms with Crippen LogP contribution in [0.3, 0.4) is 0 Å². The van der Waals surface area contributed by atoms with Gasteiger partial charge >= 0.3 is 5.97 Å². The molecule has 5 nitrogen and oxygen atoms in total. The molecule has 0 spiro atoms.